The Hall–Kier alpha value is -2.30. The molecule has 0 bridgehead atoms. The Morgan fingerprint density at radius 2 is 1.72 bits per heavy atom. The van der Waals surface area contributed by atoms with Crippen LogP contribution in [0.1, 0.15) is 44.1 Å². The highest BCUT2D eigenvalue weighted by molar-refractivity contribution is 5.47. The lowest BCUT2D eigenvalue weighted by atomic mass is 10.1. The minimum absolute atomic E-state index is 0.546. The second-order valence-corrected chi connectivity index (χ2v) is 6.65. The Bertz CT molecular complexity index is 636. The summed E-state index contributed by atoms with van der Waals surface area (Å²) >= 11 is 0. The number of rotatable bonds is 7. The molecule has 2 aromatic rings. The van der Waals surface area contributed by atoms with E-state index in [0.29, 0.717) is 6.04 Å². The summed E-state index contributed by atoms with van der Waals surface area (Å²) in [4.78, 5) is 8.70. The van der Waals surface area contributed by atoms with Crippen LogP contribution in [-0.4, -0.2) is 29.7 Å². The van der Waals surface area contributed by atoms with Crippen molar-refractivity contribution in [3.05, 3.63) is 42.2 Å². The van der Waals surface area contributed by atoms with Crippen LogP contribution in [-0.2, 0) is 6.42 Å². The highest BCUT2D eigenvalue weighted by Crippen LogP contribution is 2.21. The summed E-state index contributed by atoms with van der Waals surface area (Å²) in [5, 5.41) is 6.97. The molecule has 1 aromatic carbocycles. The van der Waals surface area contributed by atoms with Crippen LogP contribution in [0.5, 0.6) is 5.75 Å². The van der Waals surface area contributed by atoms with Crippen molar-refractivity contribution in [2.45, 2.75) is 51.0 Å². The molecule has 3 rings (SSSR count). The lowest BCUT2D eigenvalue weighted by Crippen LogP contribution is -2.19. The van der Waals surface area contributed by atoms with Gasteiger partial charge >= 0.3 is 0 Å². The van der Waals surface area contributed by atoms with Crippen molar-refractivity contribution < 1.29 is 4.74 Å². The van der Waals surface area contributed by atoms with Gasteiger partial charge in [0.1, 0.15) is 23.7 Å². The molecule has 1 fully saturated rings. The molecule has 0 saturated heterocycles. The number of aromatic nitrogens is 2. The van der Waals surface area contributed by atoms with Crippen molar-refractivity contribution in [2.24, 2.45) is 0 Å². The van der Waals surface area contributed by atoms with E-state index in [1.54, 1.807) is 13.4 Å². The zero-order valence-electron chi connectivity index (χ0n) is 15.0. The molecule has 25 heavy (non-hydrogen) atoms. The van der Waals surface area contributed by atoms with Crippen LogP contribution < -0.4 is 15.4 Å². The molecule has 0 radical (unpaired) electrons. The van der Waals surface area contributed by atoms with Crippen LogP contribution in [0, 0.1) is 0 Å². The summed E-state index contributed by atoms with van der Waals surface area (Å²) in [5.41, 5.74) is 1.28. The number of nitrogens with zero attached hydrogens (tertiary/aromatic N) is 2. The van der Waals surface area contributed by atoms with Crippen LogP contribution in [0.25, 0.3) is 0 Å². The minimum Gasteiger partial charge on any atom is -0.497 e. The topological polar surface area (TPSA) is 59.1 Å². The summed E-state index contributed by atoms with van der Waals surface area (Å²) in [6.45, 7) is 0.839. The summed E-state index contributed by atoms with van der Waals surface area (Å²) in [6, 6.07) is 10.7. The number of nitrogens with one attached hydrogen (secondary N) is 2. The Morgan fingerprint density at radius 1 is 1.00 bits per heavy atom. The maximum atomic E-state index is 5.19. The van der Waals surface area contributed by atoms with Crippen molar-refractivity contribution in [3.63, 3.8) is 0 Å². The number of hydrogen-bond donors (Lipinski definition) is 2. The Balaban J connectivity index is 1.48. The molecule has 0 spiro atoms. The van der Waals surface area contributed by atoms with E-state index < -0.39 is 0 Å². The molecule has 1 aromatic heterocycles. The van der Waals surface area contributed by atoms with Gasteiger partial charge in [0.15, 0.2) is 0 Å². The maximum absolute atomic E-state index is 5.19. The summed E-state index contributed by atoms with van der Waals surface area (Å²) in [5.74, 6) is 2.69. The second kappa shape index (κ2) is 9.25. The Labute approximate surface area is 150 Å². The third-order valence-electron chi connectivity index (χ3n) is 4.75. The molecule has 1 heterocycles. The van der Waals surface area contributed by atoms with Gasteiger partial charge in [0, 0.05) is 18.7 Å². The summed E-state index contributed by atoms with van der Waals surface area (Å²) in [7, 11) is 1.69. The van der Waals surface area contributed by atoms with Crippen LogP contribution in [0.3, 0.4) is 0 Å². The second-order valence-electron chi connectivity index (χ2n) is 6.65. The number of hydrogen-bond acceptors (Lipinski definition) is 5. The van der Waals surface area contributed by atoms with Crippen molar-refractivity contribution in [2.75, 3.05) is 24.3 Å². The standard InChI is InChI=1S/C20H28N4O/c1-25-18-10-8-16(9-11-18)12-13-21-19-14-20(23-15-22-19)24-17-6-4-2-3-5-7-17/h8-11,14-15,17H,2-7,12-13H2,1H3,(H2,21,22,23,24). The van der Waals surface area contributed by atoms with E-state index in [2.05, 4.69) is 32.7 Å². The number of benzene rings is 1. The molecule has 5 nitrogen and oxygen atoms in total. The molecule has 1 aliphatic carbocycles. The molecule has 1 aliphatic rings. The van der Waals surface area contributed by atoms with E-state index in [-0.39, 0.29) is 0 Å². The molecule has 134 valence electrons. The fourth-order valence-electron chi connectivity index (χ4n) is 3.29. The highest BCUT2D eigenvalue weighted by atomic mass is 16.5. The van der Waals surface area contributed by atoms with Crippen molar-refractivity contribution in [1.82, 2.24) is 9.97 Å². The van der Waals surface area contributed by atoms with E-state index in [9.17, 15) is 0 Å². The third kappa shape index (κ3) is 5.62. The van der Waals surface area contributed by atoms with Gasteiger partial charge in [0.25, 0.3) is 0 Å². The Kier molecular flexibility index (Phi) is 6.48. The predicted molar refractivity (Wildman–Crippen MR) is 102 cm³/mol. The summed E-state index contributed by atoms with van der Waals surface area (Å²) < 4.78 is 5.19. The van der Waals surface area contributed by atoms with Crippen molar-refractivity contribution in [3.8, 4) is 5.75 Å². The van der Waals surface area contributed by atoms with Crippen LogP contribution in [0.15, 0.2) is 36.7 Å². The number of methoxy groups -OCH3 is 1. The van der Waals surface area contributed by atoms with Gasteiger partial charge in [-0.25, -0.2) is 9.97 Å². The van der Waals surface area contributed by atoms with Gasteiger partial charge in [-0.15, -0.1) is 0 Å². The predicted octanol–water partition coefficient (Wildman–Crippen LogP) is 4.27. The van der Waals surface area contributed by atoms with Crippen molar-refractivity contribution >= 4 is 11.6 Å². The molecule has 1 saturated carbocycles. The smallest absolute Gasteiger partial charge is 0.131 e. The number of ether oxygens (including phenoxy) is 1. The normalized spacial score (nSPS) is 15.4. The molecular formula is C20H28N4O. The molecule has 2 N–H and O–H groups in total. The number of anilines is 2. The first-order chi connectivity index (χ1) is 12.3. The molecule has 0 unspecified atom stereocenters. The molecule has 0 amide bonds. The van der Waals surface area contributed by atoms with E-state index in [1.807, 2.05) is 18.2 Å². The van der Waals surface area contributed by atoms with Gasteiger partial charge in [-0.3, -0.25) is 0 Å². The fourth-order valence-corrected chi connectivity index (χ4v) is 3.29. The average Bonchev–Trinajstić information content (AvgIpc) is 2.91. The zero-order chi connectivity index (χ0) is 17.3. The highest BCUT2D eigenvalue weighted by Gasteiger charge is 2.12. The van der Waals surface area contributed by atoms with Gasteiger partial charge < -0.3 is 15.4 Å². The van der Waals surface area contributed by atoms with E-state index in [4.69, 9.17) is 4.74 Å². The first-order valence-electron chi connectivity index (χ1n) is 9.29. The van der Waals surface area contributed by atoms with Crippen LogP contribution >= 0.6 is 0 Å². The van der Waals surface area contributed by atoms with Gasteiger partial charge in [-0.2, -0.15) is 0 Å². The lowest BCUT2D eigenvalue weighted by Gasteiger charge is -2.17. The van der Waals surface area contributed by atoms with Gasteiger partial charge in [-0.05, 0) is 37.0 Å². The molecule has 5 heteroatoms. The molecule has 0 aliphatic heterocycles. The van der Waals surface area contributed by atoms with E-state index in [0.717, 1.165) is 30.4 Å². The fraction of sp³-hybridized carbons (Fsp3) is 0.500. The third-order valence-corrected chi connectivity index (χ3v) is 4.75. The molecule has 0 atom stereocenters. The summed E-state index contributed by atoms with van der Waals surface area (Å²) in [6.07, 6.45) is 10.4. The maximum Gasteiger partial charge on any atom is 0.131 e. The molecular weight excluding hydrogens is 312 g/mol. The van der Waals surface area contributed by atoms with Gasteiger partial charge in [0.05, 0.1) is 7.11 Å². The zero-order valence-corrected chi connectivity index (χ0v) is 15.0. The van der Waals surface area contributed by atoms with Gasteiger partial charge in [0.2, 0.25) is 0 Å². The van der Waals surface area contributed by atoms with E-state index >= 15 is 0 Å². The first kappa shape index (κ1) is 17.5. The quantitative estimate of drug-likeness (QED) is 0.737. The average molecular weight is 340 g/mol. The monoisotopic (exact) mass is 340 g/mol. The van der Waals surface area contributed by atoms with Gasteiger partial charge in [-0.1, -0.05) is 37.8 Å². The van der Waals surface area contributed by atoms with Crippen LogP contribution in [0.4, 0.5) is 11.6 Å². The minimum atomic E-state index is 0.546. The van der Waals surface area contributed by atoms with Crippen LogP contribution in [0.2, 0.25) is 0 Å². The van der Waals surface area contributed by atoms with E-state index in [1.165, 1.54) is 44.1 Å². The first-order valence-corrected chi connectivity index (χ1v) is 9.29. The lowest BCUT2D eigenvalue weighted by molar-refractivity contribution is 0.414. The SMILES string of the molecule is COc1ccc(CCNc2cc(NC3CCCCCC3)ncn2)cc1. The Morgan fingerprint density at radius 3 is 2.44 bits per heavy atom. The van der Waals surface area contributed by atoms with Crippen molar-refractivity contribution in [1.29, 1.82) is 0 Å². The largest absolute Gasteiger partial charge is 0.497 e.